The van der Waals surface area contributed by atoms with Gasteiger partial charge < -0.3 is 15.0 Å². The van der Waals surface area contributed by atoms with Gasteiger partial charge in [-0.3, -0.25) is 14.6 Å². The first-order chi connectivity index (χ1) is 12.6. The molecule has 0 aliphatic carbocycles. The number of fused-ring (bicyclic) bond motifs is 1. The van der Waals surface area contributed by atoms with Gasteiger partial charge >= 0.3 is 0 Å². The largest absolute Gasteiger partial charge is 0.376 e. The first-order valence-electron chi connectivity index (χ1n) is 8.60. The summed E-state index contributed by atoms with van der Waals surface area (Å²) in [4.78, 5) is 34.7. The lowest BCUT2D eigenvalue weighted by molar-refractivity contribution is 0.0674. The molecule has 4 rings (SSSR count). The molecule has 2 aliphatic heterocycles. The summed E-state index contributed by atoms with van der Waals surface area (Å²) in [6.07, 6.45) is 3.38. The molecule has 0 radical (unpaired) electrons. The molecule has 0 unspecified atom stereocenters. The van der Waals surface area contributed by atoms with Crippen LogP contribution in [-0.4, -0.2) is 59.0 Å². The smallest absolute Gasteiger partial charge is 0.270 e. The highest BCUT2D eigenvalue weighted by atomic mass is 32.1. The van der Waals surface area contributed by atoms with Crippen LogP contribution in [0.15, 0.2) is 29.4 Å². The van der Waals surface area contributed by atoms with Crippen molar-refractivity contribution < 1.29 is 14.3 Å². The number of nitrogens with zero attached hydrogens (tertiary/aromatic N) is 3. The van der Waals surface area contributed by atoms with E-state index in [1.807, 2.05) is 17.9 Å². The second-order valence-electron chi connectivity index (χ2n) is 6.84. The minimum absolute atomic E-state index is 0.00976. The van der Waals surface area contributed by atoms with Crippen molar-refractivity contribution in [3.05, 3.63) is 46.2 Å². The zero-order chi connectivity index (χ0) is 18.1. The lowest BCUT2D eigenvalue weighted by Crippen LogP contribution is -2.35. The van der Waals surface area contributed by atoms with Gasteiger partial charge in [-0.25, -0.2) is 4.98 Å². The molecular formula is C18H20N4O3S. The predicted octanol–water partition coefficient (Wildman–Crippen LogP) is 1.36. The van der Waals surface area contributed by atoms with Gasteiger partial charge in [-0.05, 0) is 18.6 Å². The number of ether oxygens (including phenoxy) is 1. The number of likely N-dealkylation sites (tertiary alicyclic amines) is 1. The average Bonchev–Trinajstić information content (AvgIpc) is 3.36. The number of hydrogen-bond acceptors (Lipinski definition) is 6. The molecule has 3 atom stereocenters. The molecule has 4 heterocycles. The van der Waals surface area contributed by atoms with Crippen LogP contribution in [0.4, 0.5) is 0 Å². The van der Waals surface area contributed by atoms with Crippen LogP contribution in [-0.2, 0) is 4.74 Å². The number of carbonyl (C=O) groups is 2. The second kappa shape index (κ2) is 7.13. The van der Waals surface area contributed by atoms with E-state index in [-0.39, 0.29) is 29.8 Å². The number of aryl methyl sites for hydroxylation is 1. The first kappa shape index (κ1) is 17.1. The Kier molecular flexibility index (Phi) is 4.69. The number of thiazole rings is 1. The molecule has 2 aromatic rings. The van der Waals surface area contributed by atoms with Crippen molar-refractivity contribution in [1.29, 1.82) is 0 Å². The summed E-state index contributed by atoms with van der Waals surface area (Å²) in [7, 11) is 0. The van der Waals surface area contributed by atoms with E-state index in [1.54, 1.807) is 23.3 Å². The van der Waals surface area contributed by atoms with E-state index < -0.39 is 0 Å². The maximum atomic E-state index is 12.7. The summed E-state index contributed by atoms with van der Waals surface area (Å²) in [5.41, 5.74) is 3.66. The van der Waals surface area contributed by atoms with Crippen LogP contribution in [0.5, 0.6) is 0 Å². The fourth-order valence-corrected chi connectivity index (χ4v) is 4.20. The molecule has 2 aliphatic rings. The Morgan fingerprint density at radius 2 is 2.27 bits per heavy atom. The Bertz CT molecular complexity index is 811. The van der Waals surface area contributed by atoms with Crippen LogP contribution in [0.1, 0.15) is 26.4 Å². The van der Waals surface area contributed by atoms with E-state index in [2.05, 4.69) is 15.3 Å². The molecule has 0 aromatic carbocycles. The number of hydrogen-bond donors (Lipinski definition) is 1. The first-order valence-corrected chi connectivity index (χ1v) is 9.55. The van der Waals surface area contributed by atoms with E-state index in [9.17, 15) is 9.59 Å². The summed E-state index contributed by atoms with van der Waals surface area (Å²) in [6, 6.07) is 1.86. The highest BCUT2D eigenvalue weighted by Crippen LogP contribution is 2.34. The van der Waals surface area contributed by atoms with Gasteiger partial charge in [0.2, 0.25) is 0 Å². The van der Waals surface area contributed by atoms with Gasteiger partial charge in [-0.1, -0.05) is 0 Å². The normalized spacial score (nSPS) is 24.5. The van der Waals surface area contributed by atoms with E-state index >= 15 is 0 Å². The van der Waals surface area contributed by atoms with Crippen molar-refractivity contribution in [2.24, 2.45) is 11.8 Å². The maximum absolute atomic E-state index is 12.7. The van der Waals surface area contributed by atoms with Gasteiger partial charge in [0.1, 0.15) is 5.69 Å². The molecule has 0 spiro atoms. The quantitative estimate of drug-likeness (QED) is 0.876. The van der Waals surface area contributed by atoms with Crippen molar-refractivity contribution in [2.45, 2.75) is 13.0 Å². The molecule has 136 valence electrons. The summed E-state index contributed by atoms with van der Waals surface area (Å²) in [6.45, 7) is 4.31. The molecule has 2 amide bonds. The molecule has 2 aromatic heterocycles. The Balaban J connectivity index is 1.36. The van der Waals surface area contributed by atoms with Crippen molar-refractivity contribution in [3.63, 3.8) is 0 Å². The summed E-state index contributed by atoms with van der Waals surface area (Å²) >= 11 is 1.40. The van der Waals surface area contributed by atoms with Gasteiger partial charge in [0, 0.05) is 49.2 Å². The molecule has 8 heteroatoms. The minimum atomic E-state index is -0.161. The highest BCUT2D eigenvalue weighted by Gasteiger charge is 2.45. The Morgan fingerprint density at radius 1 is 1.38 bits per heavy atom. The van der Waals surface area contributed by atoms with Crippen LogP contribution < -0.4 is 5.32 Å². The van der Waals surface area contributed by atoms with E-state index in [1.165, 1.54) is 11.3 Å². The van der Waals surface area contributed by atoms with Crippen molar-refractivity contribution >= 4 is 23.2 Å². The third-order valence-electron chi connectivity index (χ3n) is 5.04. The van der Waals surface area contributed by atoms with Crippen LogP contribution in [0.2, 0.25) is 0 Å². The molecule has 1 N–H and O–H groups in total. The second-order valence-corrected chi connectivity index (χ2v) is 7.56. The number of nitrogens with one attached hydrogen (secondary N) is 1. The minimum Gasteiger partial charge on any atom is -0.376 e. The summed E-state index contributed by atoms with van der Waals surface area (Å²) < 4.78 is 5.88. The fourth-order valence-electron chi connectivity index (χ4n) is 3.67. The summed E-state index contributed by atoms with van der Waals surface area (Å²) in [5, 5.41) is 4.67. The Labute approximate surface area is 155 Å². The molecule has 26 heavy (non-hydrogen) atoms. The lowest BCUT2D eigenvalue weighted by atomic mass is 9.93. The zero-order valence-electron chi connectivity index (χ0n) is 14.4. The van der Waals surface area contributed by atoms with E-state index in [4.69, 9.17) is 4.74 Å². The monoisotopic (exact) mass is 372 g/mol. The number of pyridine rings is 1. The zero-order valence-corrected chi connectivity index (χ0v) is 15.2. The predicted molar refractivity (Wildman–Crippen MR) is 96.0 cm³/mol. The van der Waals surface area contributed by atoms with Gasteiger partial charge in [0.05, 0.1) is 23.8 Å². The van der Waals surface area contributed by atoms with E-state index in [0.29, 0.717) is 37.5 Å². The van der Waals surface area contributed by atoms with Crippen LogP contribution >= 0.6 is 11.3 Å². The number of carbonyl (C=O) groups excluding carboxylic acids is 2. The van der Waals surface area contributed by atoms with Crippen molar-refractivity contribution in [1.82, 2.24) is 20.2 Å². The molecule has 0 saturated carbocycles. The van der Waals surface area contributed by atoms with Crippen LogP contribution in [0.3, 0.4) is 0 Å². The maximum Gasteiger partial charge on any atom is 0.270 e. The number of aromatic nitrogens is 2. The lowest BCUT2D eigenvalue weighted by Gasteiger charge is -2.20. The molecular weight excluding hydrogens is 352 g/mol. The van der Waals surface area contributed by atoms with E-state index in [0.717, 1.165) is 5.56 Å². The third-order valence-corrected chi connectivity index (χ3v) is 5.62. The van der Waals surface area contributed by atoms with Gasteiger partial charge in [0.25, 0.3) is 11.8 Å². The Hall–Kier alpha value is -2.32. The molecule has 2 saturated heterocycles. The van der Waals surface area contributed by atoms with Crippen molar-refractivity contribution in [3.8, 4) is 0 Å². The third kappa shape index (κ3) is 3.34. The van der Waals surface area contributed by atoms with Gasteiger partial charge in [0.15, 0.2) is 0 Å². The van der Waals surface area contributed by atoms with Gasteiger partial charge in [-0.2, -0.15) is 0 Å². The van der Waals surface area contributed by atoms with Crippen molar-refractivity contribution in [2.75, 3.05) is 26.2 Å². The van der Waals surface area contributed by atoms with Gasteiger partial charge in [-0.15, -0.1) is 11.3 Å². The molecule has 7 nitrogen and oxygen atoms in total. The van der Waals surface area contributed by atoms with Crippen LogP contribution in [0.25, 0.3) is 0 Å². The number of rotatable bonds is 4. The Morgan fingerprint density at radius 3 is 3.04 bits per heavy atom. The average molecular weight is 372 g/mol. The summed E-state index contributed by atoms with van der Waals surface area (Å²) in [5.74, 6) is 0.277. The SMILES string of the molecule is Cc1cncc(C(=O)N2C[C@@H]3[C@@H](CNC(=O)c4cscn4)CO[C@@H]3C2)c1. The highest BCUT2D eigenvalue weighted by molar-refractivity contribution is 7.07. The standard InChI is InChI=1S/C18H20N4O3S/c1-11-2-12(4-19-3-11)18(24)22-6-14-13(8-25-16(14)7-22)5-20-17(23)15-9-26-10-21-15/h2-4,9-10,13-14,16H,5-8H2,1H3,(H,20,23)/t13-,14+,16+/m0/s1. The molecule has 2 fully saturated rings. The fraction of sp³-hybridized carbons (Fsp3) is 0.444. The number of amides is 2. The van der Waals surface area contributed by atoms with Crippen LogP contribution in [0, 0.1) is 18.8 Å². The topological polar surface area (TPSA) is 84.4 Å². The molecule has 0 bridgehead atoms.